The van der Waals surface area contributed by atoms with E-state index >= 15 is 0 Å². The van der Waals surface area contributed by atoms with Crippen LogP contribution in [0.5, 0.6) is 0 Å². The number of nitro benzene ring substituents is 1. The number of thiocarbonyl (C=S) groups is 1. The van der Waals surface area contributed by atoms with Gasteiger partial charge in [0.1, 0.15) is 10.8 Å². The molecule has 0 atom stereocenters. The molecule has 1 aromatic heterocycles. The van der Waals surface area contributed by atoms with Crippen LogP contribution in [-0.2, 0) is 0 Å². The van der Waals surface area contributed by atoms with Gasteiger partial charge in [-0.2, -0.15) is 0 Å². The molecule has 0 bridgehead atoms. The van der Waals surface area contributed by atoms with E-state index in [0.29, 0.717) is 32.6 Å². The molecule has 0 unspecified atom stereocenters. The Balaban J connectivity index is 1.72. The van der Waals surface area contributed by atoms with Gasteiger partial charge in [-0.15, -0.1) is 0 Å². The highest BCUT2D eigenvalue weighted by atomic mass is 35.5. The van der Waals surface area contributed by atoms with Crippen LogP contribution < -0.4 is 10.6 Å². The number of amides is 1. The Bertz CT molecular complexity index is 1180. The maximum absolute atomic E-state index is 12.4. The summed E-state index contributed by atoms with van der Waals surface area (Å²) in [5.41, 5.74) is 1.26. The van der Waals surface area contributed by atoms with Gasteiger partial charge < -0.3 is 9.73 Å². The summed E-state index contributed by atoms with van der Waals surface area (Å²) in [7, 11) is 0. The van der Waals surface area contributed by atoms with Crippen LogP contribution >= 0.6 is 47.0 Å². The molecule has 2 aromatic carbocycles. The van der Waals surface area contributed by atoms with Crippen molar-refractivity contribution in [2.75, 3.05) is 5.32 Å². The molecule has 11 heteroatoms. The Labute approximate surface area is 191 Å². The number of nitrogens with one attached hydrogen (secondary N) is 2. The smallest absolute Gasteiger partial charge is 0.293 e. The van der Waals surface area contributed by atoms with Gasteiger partial charge in [0.2, 0.25) is 0 Å². The number of nitro groups is 1. The minimum atomic E-state index is -0.595. The SMILES string of the molecule is Cc1cc([N+](=O)[O-])c(Cl)cc1NC(=S)NC(=O)c1ccc(-c2cc(Cl)ccc2Cl)o1. The summed E-state index contributed by atoms with van der Waals surface area (Å²) in [4.78, 5) is 22.8. The molecule has 3 rings (SSSR count). The summed E-state index contributed by atoms with van der Waals surface area (Å²) in [6.45, 7) is 1.64. The van der Waals surface area contributed by atoms with E-state index < -0.39 is 10.8 Å². The van der Waals surface area contributed by atoms with E-state index in [0.717, 1.165) is 0 Å². The lowest BCUT2D eigenvalue weighted by atomic mass is 10.2. The number of carbonyl (C=O) groups is 1. The average Bonchev–Trinajstić information content (AvgIpc) is 3.16. The van der Waals surface area contributed by atoms with Crippen LogP contribution in [0.4, 0.5) is 11.4 Å². The molecule has 1 heterocycles. The summed E-state index contributed by atoms with van der Waals surface area (Å²) < 4.78 is 5.56. The zero-order valence-corrected chi connectivity index (χ0v) is 18.2. The predicted molar refractivity (Wildman–Crippen MR) is 121 cm³/mol. The third kappa shape index (κ3) is 4.91. The largest absolute Gasteiger partial charge is 0.451 e. The molecule has 0 radical (unpaired) electrons. The first-order valence-electron chi connectivity index (χ1n) is 8.28. The van der Waals surface area contributed by atoms with E-state index in [-0.39, 0.29) is 21.6 Å². The molecule has 1 amide bonds. The molecule has 3 aromatic rings. The first-order valence-corrected chi connectivity index (χ1v) is 9.82. The van der Waals surface area contributed by atoms with Gasteiger partial charge in [0.05, 0.1) is 9.95 Å². The van der Waals surface area contributed by atoms with E-state index in [4.69, 9.17) is 51.4 Å². The second-order valence-corrected chi connectivity index (χ2v) is 7.73. The van der Waals surface area contributed by atoms with Crippen LogP contribution in [0.3, 0.4) is 0 Å². The maximum atomic E-state index is 12.4. The van der Waals surface area contributed by atoms with Crippen LogP contribution in [0.2, 0.25) is 15.1 Å². The van der Waals surface area contributed by atoms with Crippen molar-refractivity contribution < 1.29 is 14.1 Å². The Morgan fingerprint density at radius 3 is 2.53 bits per heavy atom. The third-order valence-corrected chi connectivity index (χ3v) is 5.06. The lowest BCUT2D eigenvalue weighted by molar-refractivity contribution is -0.384. The van der Waals surface area contributed by atoms with Crippen molar-refractivity contribution in [1.82, 2.24) is 5.32 Å². The molecule has 30 heavy (non-hydrogen) atoms. The van der Waals surface area contributed by atoms with Gasteiger partial charge in [0.25, 0.3) is 11.6 Å². The molecule has 0 spiro atoms. The first kappa shape index (κ1) is 22.0. The van der Waals surface area contributed by atoms with Crippen molar-refractivity contribution >= 4 is 69.4 Å². The van der Waals surface area contributed by atoms with E-state index in [1.54, 1.807) is 31.2 Å². The Morgan fingerprint density at radius 1 is 1.10 bits per heavy atom. The molecule has 0 aliphatic carbocycles. The maximum Gasteiger partial charge on any atom is 0.293 e. The van der Waals surface area contributed by atoms with Gasteiger partial charge in [0.15, 0.2) is 10.9 Å². The molecule has 154 valence electrons. The fourth-order valence-corrected chi connectivity index (χ4v) is 3.37. The van der Waals surface area contributed by atoms with Gasteiger partial charge in [-0.25, -0.2) is 0 Å². The molecule has 0 aliphatic heterocycles. The fraction of sp³-hybridized carbons (Fsp3) is 0.0526. The second kappa shape index (κ2) is 9.01. The second-order valence-electron chi connectivity index (χ2n) is 6.07. The summed E-state index contributed by atoms with van der Waals surface area (Å²) in [6, 6.07) is 10.6. The van der Waals surface area contributed by atoms with Crippen LogP contribution in [0, 0.1) is 17.0 Å². The number of halogens is 3. The number of anilines is 1. The molecule has 0 fully saturated rings. The normalized spacial score (nSPS) is 10.5. The standard InChI is InChI=1S/C19H12Cl3N3O4S/c1-9-6-15(25(27)28)13(22)8-14(9)23-19(30)24-18(26)17-5-4-16(29-17)11-7-10(20)2-3-12(11)21/h2-8H,1H3,(H2,23,24,26,30). The molecule has 7 nitrogen and oxygen atoms in total. The zero-order chi connectivity index (χ0) is 22.0. The lowest BCUT2D eigenvalue weighted by Crippen LogP contribution is -2.34. The van der Waals surface area contributed by atoms with Gasteiger partial charge in [0, 0.05) is 22.3 Å². The van der Waals surface area contributed by atoms with Crippen LogP contribution in [0.1, 0.15) is 16.1 Å². The van der Waals surface area contributed by atoms with Gasteiger partial charge in [-0.05, 0) is 61.1 Å². The highest BCUT2D eigenvalue weighted by Gasteiger charge is 2.18. The summed E-state index contributed by atoms with van der Waals surface area (Å²) in [5, 5.41) is 17.0. The quantitative estimate of drug-likeness (QED) is 0.258. The number of carbonyl (C=O) groups excluding carboxylic acids is 1. The number of hydrogen-bond donors (Lipinski definition) is 2. The van der Waals surface area contributed by atoms with Crippen LogP contribution in [0.25, 0.3) is 11.3 Å². The summed E-state index contributed by atoms with van der Waals surface area (Å²) in [5.74, 6) is -0.226. The zero-order valence-electron chi connectivity index (χ0n) is 15.2. The van der Waals surface area contributed by atoms with Crippen LogP contribution in [0.15, 0.2) is 46.9 Å². The predicted octanol–water partition coefficient (Wildman–Crippen LogP) is 6.25. The number of hydrogen-bond acceptors (Lipinski definition) is 5. The fourth-order valence-electron chi connectivity index (χ4n) is 2.55. The molecule has 0 aliphatic rings. The summed E-state index contributed by atoms with van der Waals surface area (Å²) in [6.07, 6.45) is 0. The first-order chi connectivity index (χ1) is 14.2. The van der Waals surface area contributed by atoms with Crippen molar-refractivity contribution in [3.63, 3.8) is 0 Å². The van der Waals surface area contributed by atoms with Crippen molar-refractivity contribution in [3.05, 3.63) is 79.0 Å². The highest BCUT2D eigenvalue weighted by molar-refractivity contribution is 7.80. The molecule has 0 saturated carbocycles. The van der Waals surface area contributed by atoms with Gasteiger partial charge in [-0.3, -0.25) is 20.2 Å². The van der Waals surface area contributed by atoms with E-state index in [9.17, 15) is 14.9 Å². The molecular weight excluding hydrogens is 473 g/mol. The Hall–Kier alpha value is -2.65. The Morgan fingerprint density at radius 2 is 1.83 bits per heavy atom. The van der Waals surface area contributed by atoms with Crippen molar-refractivity contribution in [3.8, 4) is 11.3 Å². The van der Waals surface area contributed by atoms with E-state index in [1.165, 1.54) is 18.2 Å². The number of aryl methyl sites for hydroxylation is 1. The molecule has 0 saturated heterocycles. The number of benzene rings is 2. The van der Waals surface area contributed by atoms with E-state index in [2.05, 4.69) is 10.6 Å². The van der Waals surface area contributed by atoms with Crippen LogP contribution in [-0.4, -0.2) is 15.9 Å². The molecule has 2 N–H and O–H groups in total. The average molecular weight is 485 g/mol. The number of furan rings is 1. The van der Waals surface area contributed by atoms with Crippen molar-refractivity contribution in [1.29, 1.82) is 0 Å². The number of nitrogens with zero attached hydrogens (tertiary/aromatic N) is 1. The highest BCUT2D eigenvalue weighted by Crippen LogP contribution is 2.32. The van der Waals surface area contributed by atoms with Gasteiger partial charge in [-0.1, -0.05) is 34.8 Å². The number of rotatable bonds is 4. The van der Waals surface area contributed by atoms with Crippen molar-refractivity contribution in [2.24, 2.45) is 0 Å². The summed E-state index contributed by atoms with van der Waals surface area (Å²) >= 11 is 23.2. The molecular formula is C19H12Cl3N3O4S. The Kier molecular flexibility index (Phi) is 6.62. The van der Waals surface area contributed by atoms with Gasteiger partial charge >= 0.3 is 0 Å². The minimum Gasteiger partial charge on any atom is -0.451 e. The van der Waals surface area contributed by atoms with Crippen molar-refractivity contribution in [2.45, 2.75) is 6.92 Å². The lowest BCUT2D eigenvalue weighted by Gasteiger charge is -2.11. The minimum absolute atomic E-state index is 0.00338. The topological polar surface area (TPSA) is 97.4 Å². The monoisotopic (exact) mass is 483 g/mol. The van der Waals surface area contributed by atoms with E-state index in [1.807, 2.05) is 0 Å². The third-order valence-electron chi connectivity index (χ3n) is 3.99.